The molecule has 3 aromatic carbocycles. The minimum Gasteiger partial charge on any atom is -0.255 e. The van der Waals surface area contributed by atoms with E-state index in [0.717, 1.165) is 38.5 Å². The SMILES string of the molecule is c1ccc(-c2nc(-c3cccc4cccnc34)nc(-c3cccc4cccnc34)n2)cc1. The molecule has 0 amide bonds. The minimum absolute atomic E-state index is 0.589. The second-order valence-electron chi connectivity index (χ2n) is 7.43. The first kappa shape index (κ1) is 18.3. The van der Waals surface area contributed by atoms with Gasteiger partial charge < -0.3 is 0 Å². The van der Waals surface area contributed by atoms with Crippen molar-refractivity contribution >= 4 is 21.8 Å². The van der Waals surface area contributed by atoms with E-state index in [1.54, 1.807) is 12.4 Å². The lowest BCUT2D eigenvalue weighted by Gasteiger charge is -2.10. The maximum atomic E-state index is 4.90. The van der Waals surface area contributed by atoms with Crippen molar-refractivity contribution in [3.8, 4) is 34.2 Å². The molecule has 6 aromatic rings. The van der Waals surface area contributed by atoms with E-state index >= 15 is 0 Å². The number of hydrogen-bond donors (Lipinski definition) is 0. The van der Waals surface area contributed by atoms with Crippen molar-refractivity contribution in [3.05, 3.63) is 103 Å². The van der Waals surface area contributed by atoms with Crippen LogP contribution in [0.1, 0.15) is 0 Å². The summed E-state index contributed by atoms with van der Waals surface area (Å²) < 4.78 is 0. The topological polar surface area (TPSA) is 64.5 Å². The third-order valence-electron chi connectivity index (χ3n) is 5.41. The lowest BCUT2D eigenvalue weighted by Crippen LogP contribution is -2.01. The second kappa shape index (κ2) is 7.63. The maximum absolute atomic E-state index is 4.90. The van der Waals surface area contributed by atoms with Gasteiger partial charge in [-0.2, -0.15) is 0 Å². The standard InChI is InChI=1S/C27H17N5/c1-2-8-20(9-3-1)25-30-26(21-14-4-10-18-12-6-16-28-23(18)21)32-27(31-25)22-15-5-11-19-13-7-17-29-24(19)22/h1-17H. The molecule has 5 nitrogen and oxygen atoms in total. The maximum Gasteiger partial charge on any atom is 0.166 e. The fraction of sp³-hybridized carbons (Fsp3) is 0. The van der Waals surface area contributed by atoms with Gasteiger partial charge in [0, 0.05) is 39.9 Å². The van der Waals surface area contributed by atoms with Crippen molar-refractivity contribution in [2.45, 2.75) is 0 Å². The molecule has 0 radical (unpaired) electrons. The Kier molecular flexibility index (Phi) is 4.36. The lowest BCUT2D eigenvalue weighted by atomic mass is 10.1. The van der Waals surface area contributed by atoms with Crippen LogP contribution in [0.5, 0.6) is 0 Å². The van der Waals surface area contributed by atoms with Crippen LogP contribution in [0.3, 0.4) is 0 Å². The molecule has 3 heterocycles. The normalized spacial score (nSPS) is 11.1. The summed E-state index contributed by atoms with van der Waals surface area (Å²) in [6.45, 7) is 0. The van der Waals surface area contributed by atoms with Crippen LogP contribution in [0.15, 0.2) is 103 Å². The van der Waals surface area contributed by atoms with E-state index in [0.29, 0.717) is 17.5 Å². The van der Waals surface area contributed by atoms with Crippen molar-refractivity contribution in [1.82, 2.24) is 24.9 Å². The molecule has 0 saturated carbocycles. The highest BCUT2D eigenvalue weighted by Crippen LogP contribution is 2.30. The molecule has 150 valence electrons. The average Bonchev–Trinajstić information content (AvgIpc) is 2.88. The van der Waals surface area contributed by atoms with E-state index in [4.69, 9.17) is 15.0 Å². The highest BCUT2D eigenvalue weighted by atomic mass is 15.0. The summed E-state index contributed by atoms with van der Waals surface area (Å²) in [5, 5.41) is 2.08. The molecular weight excluding hydrogens is 394 g/mol. The van der Waals surface area contributed by atoms with E-state index in [1.807, 2.05) is 91.0 Å². The highest BCUT2D eigenvalue weighted by Gasteiger charge is 2.16. The van der Waals surface area contributed by atoms with Crippen LogP contribution < -0.4 is 0 Å². The summed E-state index contributed by atoms with van der Waals surface area (Å²) in [4.78, 5) is 23.8. The minimum atomic E-state index is 0.589. The molecule has 3 aromatic heterocycles. The molecule has 0 N–H and O–H groups in total. The molecule has 5 heteroatoms. The summed E-state index contributed by atoms with van der Waals surface area (Å²) >= 11 is 0. The molecule has 0 aliphatic rings. The van der Waals surface area contributed by atoms with Gasteiger partial charge in [-0.05, 0) is 24.3 Å². The van der Waals surface area contributed by atoms with Crippen molar-refractivity contribution in [1.29, 1.82) is 0 Å². The highest BCUT2D eigenvalue weighted by molar-refractivity contribution is 5.94. The summed E-state index contributed by atoms with van der Waals surface area (Å²) in [7, 11) is 0. The van der Waals surface area contributed by atoms with Gasteiger partial charge in [0.15, 0.2) is 17.5 Å². The second-order valence-corrected chi connectivity index (χ2v) is 7.43. The Morgan fingerprint density at radius 3 is 1.47 bits per heavy atom. The summed E-state index contributed by atoms with van der Waals surface area (Å²) in [6.07, 6.45) is 3.58. The monoisotopic (exact) mass is 411 g/mol. The summed E-state index contributed by atoms with van der Waals surface area (Å²) in [5.41, 5.74) is 4.40. The Bertz CT molecular complexity index is 1470. The smallest absolute Gasteiger partial charge is 0.166 e. The van der Waals surface area contributed by atoms with E-state index < -0.39 is 0 Å². The largest absolute Gasteiger partial charge is 0.255 e. The Hall–Kier alpha value is -4.51. The van der Waals surface area contributed by atoms with Crippen LogP contribution in [0.2, 0.25) is 0 Å². The fourth-order valence-electron chi connectivity index (χ4n) is 3.90. The average molecular weight is 411 g/mol. The van der Waals surface area contributed by atoms with Crippen LogP contribution >= 0.6 is 0 Å². The van der Waals surface area contributed by atoms with Gasteiger partial charge in [0.05, 0.1) is 11.0 Å². The van der Waals surface area contributed by atoms with Crippen LogP contribution in [0.4, 0.5) is 0 Å². The van der Waals surface area contributed by atoms with Gasteiger partial charge in [-0.15, -0.1) is 0 Å². The third kappa shape index (κ3) is 3.17. The Morgan fingerprint density at radius 1 is 0.406 bits per heavy atom. The van der Waals surface area contributed by atoms with Gasteiger partial charge in [0.1, 0.15) is 0 Å². The number of rotatable bonds is 3. The van der Waals surface area contributed by atoms with Crippen LogP contribution in [-0.2, 0) is 0 Å². The molecule has 0 aliphatic heterocycles. The molecule has 0 bridgehead atoms. The van der Waals surface area contributed by atoms with Gasteiger partial charge in [-0.3, -0.25) is 9.97 Å². The number of hydrogen-bond acceptors (Lipinski definition) is 5. The molecule has 0 unspecified atom stereocenters. The molecule has 6 rings (SSSR count). The quantitative estimate of drug-likeness (QED) is 0.359. The Labute approximate surface area is 184 Å². The zero-order valence-electron chi connectivity index (χ0n) is 17.1. The van der Waals surface area contributed by atoms with Crippen molar-refractivity contribution in [2.24, 2.45) is 0 Å². The van der Waals surface area contributed by atoms with Gasteiger partial charge in [0.2, 0.25) is 0 Å². The zero-order chi connectivity index (χ0) is 21.3. The first-order valence-corrected chi connectivity index (χ1v) is 10.4. The molecule has 0 atom stereocenters. The number of pyridine rings is 2. The van der Waals surface area contributed by atoms with E-state index in [9.17, 15) is 0 Å². The van der Waals surface area contributed by atoms with Crippen molar-refractivity contribution in [2.75, 3.05) is 0 Å². The predicted molar refractivity (Wildman–Crippen MR) is 127 cm³/mol. The van der Waals surface area contributed by atoms with Crippen LogP contribution in [-0.4, -0.2) is 24.9 Å². The molecule has 0 fully saturated rings. The number of fused-ring (bicyclic) bond motifs is 2. The number of aromatic nitrogens is 5. The van der Waals surface area contributed by atoms with E-state index in [1.165, 1.54) is 0 Å². The first-order valence-electron chi connectivity index (χ1n) is 10.4. The van der Waals surface area contributed by atoms with Crippen molar-refractivity contribution < 1.29 is 0 Å². The number of benzene rings is 3. The molecule has 0 spiro atoms. The predicted octanol–water partition coefficient (Wildman–Crippen LogP) is 5.97. The first-order chi connectivity index (χ1) is 15.9. The van der Waals surface area contributed by atoms with Gasteiger partial charge >= 0.3 is 0 Å². The van der Waals surface area contributed by atoms with E-state index in [-0.39, 0.29) is 0 Å². The summed E-state index contributed by atoms with van der Waals surface area (Å²) in [6, 6.07) is 30.0. The zero-order valence-corrected chi connectivity index (χ0v) is 17.1. The number of para-hydroxylation sites is 2. The molecule has 0 saturated heterocycles. The van der Waals surface area contributed by atoms with Crippen LogP contribution in [0, 0.1) is 0 Å². The van der Waals surface area contributed by atoms with Gasteiger partial charge in [-0.25, -0.2) is 15.0 Å². The molecule has 0 aliphatic carbocycles. The van der Waals surface area contributed by atoms with Crippen molar-refractivity contribution in [3.63, 3.8) is 0 Å². The van der Waals surface area contributed by atoms with Gasteiger partial charge in [-0.1, -0.05) is 66.7 Å². The fourth-order valence-corrected chi connectivity index (χ4v) is 3.90. The van der Waals surface area contributed by atoms with Crippen LogP contribution in [0.25, 0.3) is 56.0 Å². The third-order valence-corrected chi connectivity index (χ3v) is 5.41. The molecule has 32 heavy (non-hydrogen) atoms. The lowest BCUT2D eigenvalue weighted by molar-refractivity contribution is 1.08. The Balaban J connectivity index is 1.65. The number of nitrogens with zero attached hydrogens (tertiary/aromatic N) is 5. The van der Waals surface area contributed by atoms with E-state index in [2.05, 4.69) is 9.97 Å². The Morgan fingerprint density at radius 2 is 0.906 bits per heavy atom. The van der Waals surface area contributed by atoms with Gasteiger partial charge in [0.25, 0.3) is 0 Å². The molecular formula is C27H17N5. The summed E-state index contributed by atoms with van der Waals surface area (Å²) in [5.74, 6) is 1.80.